The van der Waals surface area contributed by atoms with Crippen molar-refractivity contribution >= 4 is 27.2 Å². The summed E-state index contributed by atoms with van der Waals surface area (Å²) in [6, 6.07) is 3.81. The van der Waals surface area contributed by atoms with Crippen LogP contribution in [-0.4, -0.2) is 49.0 Å². The normalized spacial score (nSPS) is 18.0. The lowest BCUT2D eigenvalue weighted by atomic mass is 10.1. The molecule has 0 atom stereocenters. The Balaban J connectivity index is 2.50. The fraction of sp³-hybridized carbons (Fsp3) is 0.417. The molecule has 0 aromatic heterocycles. The lowest BCUT2D eigenvalue weighted by molar-refractivity contribution is -0.384. The molecule has 1 heterocycles. The predicted molar refractivity (Wildman–Crippen MR) is 75.5 cm³/mol. The third-order valence-electron chi connectivity index (χ3n) is 3.31. The molecule has 1 fully saturated rings. The average molecular weight is 314 g/mol. The number of para-hydroxylation sites is 1. The van der Waals surface area contributed by atoms with Crippen molar-refractivity contribution in [1.29, 1.82) is 0 Å². The summed E-state index contributed by atoms with van der Waals surface area (Å²) < 4.78 is 23.2. The van der Waals surface area contributed by atoms with E-state index in [1.54, 1.807) is 0 Å². The molecular formula is C12H14N2O6S. The van der Waals surface area contributed by atoms with Gasteiger partial charge >= 0.3 is 5.97 Å². The summed E-state index contributed by atoms with van der Waals surface area (Å²) in [5.74, 6) is -1.41. The standard InChI is InChI=1S/C12H14N2O6S/c15-12(16)9-3-1-4-10(14(17)18)11(9)13-5-2-7-21(19,20)8-6-13/h1,3-4H,2,5-8H2,(H,15,16). The summed E-state index contributed by atoms with van der Waals surface area (Å²) in [6.45, 7) is 0.317. The van der Waals surface area contributed by atoms with Gasteiger partial charge in [-0.2, -0.15) is 0 Å². The second-order valence-corrected chi connectivity index (χ2v) is 7.03. The van der Waals surface area contributed by atoms with Crippen molar-refractivity contribution in [2.45, 2.75) is 6.42 Å². The van der Waals surface area contributed by atoms with Gasteiger partial charge in [0.15, 0.2) is 9.84 Å². The van der Waals surface area contributed by atoms with Gasteiger partial charge in [0.1, 0.15) is 5.69 Å². The van der Waals surface area contributed by atoms with Gasteiger partial charge < -0.3 is 10.0 Å². The topological polar surface area (TPSA) is 118 Å². The van der Waals surface area contributed by atoms with Gasteiger partial charge in [0.2, 0.25) is 0 Å². The van der Waals surface area contributed by atoms with Crippen LogP contribution in [0.2, 0.25) is 0 Å². The van der Waals surface area contributed by atoms with E-state index in [2.05, 4.69) is 0 Å². The van der Waals surface area contributed by atoms with Crippen molar-refractivity contribution in [3.8, 4) is 0 Å². The molecule has 0 spiro atoms. The summed E-state index contributed by atoms with van der Waals surface area (Å²) in [7, 11) is -3.19. The molecule has 0 aliphatic carbocycles. The predicted octanol–water partition coefficient (Wildman–Crippen LogP) is 0.918. The second-order valence-electron chi connectivity index (χ2n) is 4.73. The summed E-state index contributed by atoms with van der Waals surface area (Å²) in [4.78, 5) is 23.2. The Morgan fingerprint density at radius 1 is 1.29 bits per heavy atom. The summed E-state index contributed by atoms with van der Waals surface area (Å²) in [6.07, 6.45) is 0.313. The monoisotopic (exact) mass is 314 g/mol. The van der Waals surface area contributed by atoms with E-state index in [4.69, 9.17) is 0 Å². The maximum Gasteiger partial charge on any atom is 0.338 e. The minimum Gasteiger partial charge on any atom is -0.478 e. The number of benzene rings is 1. The summed E-state index contributed by atoms with van der Waals surface area (Å²) >= 11 is 0. The molecule has 0 bridgehead atoms. The summed E-state index contributed by atoms with van der Waals surface area (Å²) in [5, 5.41) is 20.3. The first-order chi connectivity index (χ1) is 9.82. The molecule has 114 valence electrons. The number of nitro groups is 1. The molecule has 1 saturated heterocycles. The number of rotatable bonds is 3. The molecule has 9 heteroatoms. The van der Waals surface area contributed by atoms with Gasteiger partial charge in [0.05, 0.1) is 22.0 Å². The highest BCUT2D eigenvalue weighted by Gasteiger charge is 2.29. The van der Waals surface area contributed by atoms with Crippen molar-refractivity contribution in [2.75, 3.05) is 29.5 Å². The van der Waals surface area contributed by atoms with Crippen molar-refractivity contribution in [3.63, 3.8) is 0 Å². The highest BCUT2D eigenvalue weighted by Crippen LogP contribution is 2.33. The number of anilines is 1. The quantitative estimate of drug-likeness (QED) is 0.651. The number of hydrogen-bond acceptors (Lipinski definition) is 6. The van der Waals surface area contributed by atoms with Crippen LogP contribution in [0.5, 0.6) is 0 Å². The zero-order chi connectivity index (χ0) is 15.6. The van der Waals surface area contributed by atoms with Crippen molar-refractivity contribution in [2.24, 2.45) is 0 Å². The van der Waals surface area contributed by atoms with Crippen LogP contribution in [-0.2, 0) is 9.84 Å². The Kier molecular flexibility index (Phi) is 4.12. The van der Waals surface area contributed by atoms with Crippen molar-refractivity contribution in [3.05, 3.63) is 33.9 Å². The SMILES string of the molecule is O=C(O)c1cccc([N+](=O)[O-])c1N1CCCS(=O)(=O)CC1. The number of carbonyl (C=O) groups is 1. The highest BCUT2D eigenvalue weighted by atomic mass is 32.2. The van der Waals surface area contributed by atoms with Crippen LogP contribution in [0, 0.1) is 10.1 Å². The number of nitrogens with zero attached hydrogens (tertiary/aromatic N) is 2. The average Bonchev–Trinajstić information content (AvgIpc) is 2.58. The lowest BCUT2D eigenvalue weighted by Crippen LogP contribution is -2.29. The van der Waals surface area contributed by atoms with E-state index in [1.807, 2.05) is 0 Å². The zero-order valence-corrected chi connectivity index (χ0v) is 11.9. The van der Waals surface area contributed by atoms with Gasteiger partial charge in [0, 0.05) is 19.2 Å². The molecule has 1 aliphatic rings. The minimum atomic E-state index is -3.19. The van der Waals surface area contributed by atoms with E-state index in [-0.39, 0.29) is 41.5 Å². The summed E-state index contributed by atoms with van der Waals surface area (Å²) in [5.41, 5.74) is -0.537. The van der Waals surface area contributed by atoms with Crippen LogP contribution < -0.4 is 4.90 Å². The van der Waals surface area contributed by atoms with Gasteiger partial charge in [-0.25, -0.2) is 13.2 Å². The third-order valence-corrected chi connectivity index (χ3v) is 5.03. The van der Waals surface area contributed by atoms with E-state index in [0.29, 0.717) is 6.42 Å². The molecule has 1 aromatic rings. The highest BCUT2D eigenvalue weighted by molar-refractivity contribution is 7.91. The molecule has 21 heavy (non-hydrogen) atoms. The van der Waals surface area contributed by atoms with Crippen molar-refractivity contribution < 1.29 is 23.2 Å². The number of hydrogen-bond donors (Lipinski definition) is 1. The van der Waals surface area contributed by atoms with Crippen LogP contribution in [0.25, 0.3) is 0 Å². The molecule has 1 N–H and O–H groups in total. The number of sulfone groups is 1. The van der Waals surface area contributed by atoms with Gasteiger partial charge in [-0.15, -0.1) is 0 Å². The maximum absolute atomic E-state index is 11.6. The molecule has 1 aliphatic heterocycles. The molecule has 0 unspecified atom stereocenters. The smallest absolute Gasteiger partial charge is 0.338 e. The van der Waals surface area contributed by atoms with E-state index in [1.165, 1.54) is 23.1 Å². The van der Waals surface area contributed by atoms with E-state index >= 15 is 0 Å². The second kappa shape index (κ2) is 5.68. The first-order valence-electron chi connectivity index (χ1n) is 6.28. The van der Waals surface area contributed by atoms with Gasteiger partial charge in [-0.1, -0.05) is 6.07 Å². The molecule has 0 amide bonds. The van der Waals surface area contributed by atoms with Crippen LogP contribution in [0.3, 0.4) is 0 Å². The van der Waals surface area contributed by atoms with Crippen LogP contribution >= 0.6 is 0 Å². The molecule has 8 nitrogen and oxygen atoms in total. The third kappa shape index (κ3) is 3.30. The Hall–Kier alpha value is -2.16. The Labute approximate surface area is 121 Å². The largest absolute Gasteiger partial charge is 0.478 e. The number of carboxylic acid groups (broad SMARTS) is 1. The fourth-order valence-corrected chi connectivity index (χ4v) is 3.62. The number of aromatic carboxylic acids is 1. The fourth-order valence-electron chi connectivity index (χ4n) is 2.35. The van der Waals surface area contributed by atoms with Gasteiger partial charge in [-0.05, 0) is 12.5 Å². The van der Waals surface area contributed by atoms with E-state index in [0.717, 1.165) is 0 Å². The number of carboxylic acids is 1. The zero-order valence-electron chi connectivity index (χ0n) is 11.1. The van der Waals surface area contributed by atoms with Crippen LogP contribution in [0.4, 0.5) is 11.4 Å². The number of nitro benzene ring substituents is 1. The van der Waals surface area contributed by atoms with Crippen LogP contribution in [0.15, 0.2) is 18.2 Å². The van der Waals surface area contributed by atoms with E-state index in [9.17, 15) is 28.4 Å². The van der Waals surface area contributed by atoms with E-state index < -0.39 is 20.7 Å². The Morgan fingerprint density at radius 3 is 2.62 bits per heavy atom. The minimum absolute atomic E-state index is 0.00648. The van der Waals surface area contributed by atoms with Gasteiger partial charge in [0.25, 0.3) is 5.69 Å². The molecule has 2 rings (SSSR count). The Morgan fingerprint density at radius 2 is 2.00 bits per heavy atom. The van der Waals surface area contributed by atoms with Crippen LogP contribution in [0.1, 0.15) is 16.8 Å². The molecule has 0 saturated carbocycles. The first kappa shape index (κ1) is 15.2. The lowest BCUT2D eigenvalue weighted by Gasteiger charge is -2.23. The maximum atomic E-state index is 11.6. The molecule has 0 radical (unpaired) electrons. The Bertz CT molecular complexity index is 653. The molecule has 1 aromatic carbocycles. The molecular weight excluding hydrogens is 300 g/mol. The van der Waals surface area contributed by atoms with Crippen molar-refractivity contribution in [1.82, 2.24) is 0 Å². The van der Waals surface area contributed by atoms with Gasteiger partial charge in [-0.3, -0.25) is 10.1 Å². The first-order valence-corrected chi connectivity index (χ1v) is 8.10.